The van der Waals surface area contributed by atoms with Crippen molar-refractivity contribution in [3.05, 3.63) is 35.5 Å². The molecule has 1 saturated heterocycles. The molecule has 1 aliphatic rings. The first-order chi connectivity index (χ1) is 10.8. The second-order valence-corrected chi connectivity index (χ2v) is 6.20. The van der Waals surface area contributed by atoms with Crippen LogP contribution in [0.15, 0.2) is 34.8 Å². The van der Waals surface area contributed by atoms with Crippen molar-refractivity contribution >= 4 is 22.3 Å². The van der Waals surface area contributed by atoms with Crippen molar-refractivity contribution in [3.8, 4) is 0 Å². The number of hydrogen-bond donors (Lipinski definition) is 1. The van der Waals surface area contributed by atoms with Gasteiger partial charge >= 0.3 is 0 Å². The summed E-state index contributed by atoms with van der Waals surface area (Å²) in [6.45, 7) is 4.79. The number of rotatable bonds is 3. The van der Waals surface area contributed by atoms with E-state index < -0.39 is 0 Å². The normalized spacial score (nSPS) is 16.2. The zero-order valence-corrected chi connectivity index (χ0v) is 13.9. The van der Waals surface area contributed by atoms with Crippen molar-refractivity contribution in [1.82, 2.24) is 20.0 Å². The van der Waals surface area contributed by atoms with Crippen LogP contribution in [0.4, 0.5) is 5.00 Å². The first kappa shape index (κ1) is 14.9. The summed E-state index contributed by atoms with van der Waals surface area (Å²) in [4.78, 5) is 9.17. The average molecular weight is 318 g/mol. The monoisotopic (exact) mass is 318 g/mol. The number of aryl methyl sites for hydroxylation is 1. The lowest BCUT2D eigenvalue weighted by atomic mass is 10.3. The topological polar surface area (TPSA) is 48.7 Å². The van der Waals surface area contributed by atoms with Gasteiger partial charge in [0.25, 0.3) is 0 Å². The molecule has 3 rings (SSSR count). The maximum absolute atomic E-state index is 4.41. The molecule has 22 heavy (non-hydrogen) atoms. The van der Waals surface area contributed by atoms with Gasteiger partial charge in [-0.05, 0) is 23.6 Å². The molecule has 0 aromatic carbocycles. The lowest BCUT2D eigenvalue weighted by Gasteiger charge is -2.37. The summed E-state index contributed by atoms with van der Waals surface area (Å²) >= 11 is 1.81. The summed E-state index contributed by atoms with van der Waals surface area (Å²) in [5, 5.41) is 11.1. The zero-order valence-electron chi connectivity index (χ0n) is 13.1. The van der Waals surface area contributed by atoms with Crippen molar-refractivity contribution in [1.29, 1.82) is 0 Å². The van der Waals surface area contributed by atoms with Gasteiger partial charge in [-0.3, -0.25) is 9.67 Å². The summed E-state index contributed by atoms with van der Waals surface area (Å²) in [7, 11) is 3.80. The largest absolute Gasteiger partial charge is 0.360 e. The van der Waals surface area contributed by atoms with Crippen LogP contribution in [0, 0.1) is 0 Å². The summed E-state index contributed by atoms with van der Waals surface area (Å²) in [6.07, 6.45) is 1.82. The van der Waals surface area contributed by atoms with Crippen molar-refractivity contribution in [2.24, 2.45) is 12.0 Å². The minimum Gasteiger partial charge on any atom is -0.360 e. The smallest absolute Gasteiger partial charge is 0.194 e. The van der Waals surface area contributed by atoms with Crippen LogP contribution < -0.4 is 10.2 Å². The van der Waals surface area contributed by atoms with Crippen molar-refractivity contribution in [2.45, 2.75) is 6.54 Å². The van der Waals surface area contributed by atoms with Crippen LogP contribution in [0.5, 0.6) is 0 Å². The standard InChI is InChI=1S/C15H22N6S/c1-16-15(17-12-13-5-6-18-19(13)2)21-9-7-20(8-10-21)14-4-3-11-22-14/h3-6,11H,7-10,12H2,1-2H3,(H,16,17). The number of aliphatic imine (C=N–C) groups is 1. The van der Waals surface area contributed by atoms with E-state index in [9.17, 15) is 0 Å². The Morgan fingerprint density at radius 1 is 1.32 bits per heavy atom. The van der Waals surface area contributed by atoms with Gasteiger partial charge in [-0.1, -0.05) is 0 Å². The van der Waals surface area contributed by atoms with E-state index in [4.69, 9.17) is 0 Å². The molecule has 2 aromatic rings. The third-order valence-electron chi connectivity index (χ3n) is 3.96. The Morgan fingerprint density at radius 3 is 2.73 bits per heavy atom. The highest BCUT2D eigenvalue weighted by Gasteiger charge is 2.20. The third kappa shape index (κ3) is 3.24. The van der Waals surface area contributed by atoms with Gasteiger partial charge in [0.1, 0.15) is 0 Å². The van der Waals surface area contributed by atoms with Gasteiger partial charge in [0.15, 0.2) is 5.96 Å². The molecular weight excluding hydrogens is 296 g/mol. The number of guanidine groups is 1. The fourth-order valence-electron chi connectivity index (χ4n) is 2.67. The molecule has 118 valence electrons. The number of nitrogens with zero attached hydrogens (tertiary/aromatic N) is 5. The Labute approximate surface area is 135 Å². The second kappa shape index (κ2) is 6.83. The summed E-state index contributed by atoms with van der Waals surface area (Å²) in [6, 6.07) is 6.32. The van der Waals surface area contributed by atoms with E-state index in [1.165, 1.54) is 5.00 Å². The van der Waals surface area contributed by atoms with E-state index in [-0.39, 0.29) is 0 Å². The molecule has 0 unspecified atom stereocenters. The first-order valence-corrected chi connectivity index (χ1v) is 8.37. The van der Waals surface area contributed by atoms with Crippen LogP contribution in [0.25, 0.3) is 0 Å². The second-order valence-electron chi connectivity index (χ2n) is 5.27. The lowest BCUT2D eigenvalue weighted by molar-refractivity contribution is 0.372. The number of nitrogens with one attached hydrogen (secondary N) is 1. The van der Waals surface area contributed by atoms with Gasteiger partial charge < -0.3 is 15.1 Å². The van der Waals surface area contributed by atoms with E-state index in [2.05, 4.69) is 42.7 Å². The first-order valence-electron chi connectivity index (χ1n) is 7.49. The average Bonchev–Trinajstić information content (AvgIpc) is 3.21. The Balaban J connectivity index is 1.53. The number of aromatic nitrogens is 2. The van der Waals surface area contributed by atoms with Crippen LogP contribution >= 0.6 is 11.3 Å². The van der Waals surface area contributed by atoms with Gasteiger partial charge in [-0.15, -0.1) is 11.3 Å². The highest BCUT2D eigenvalue weighted by molar-refractivity contribution is 7.14. The molecule has 3 heterocycles. The van der Waals surface area contributed by atoms with Gasteiger partial charge in [0.2, 0.25) is 0 Å². The summed E-state index contributed by atoms with van der Waals surface area (Å²) in [5.74, 6) is 0.965. The molecular formula is C15H22N6S. The van der Waals surface area contributed by atoms with Gasteiger partial charge in [-0.2, -0.15) is 5.10 Å². The van der Waals surface area contributed by atoms with Gasteiger partial charge in [0.05, 0.1) is 17.2 Å². The molecule has 2 aromatic heterocycles. The highest BCUT2D eigenvalue weighted by Crippen LogP contribution is 2.22. The zero-order chi connectivity index (χ0) is 15.4. The van der Waals surface area contributed by atoms with Crippen LogP contribution in [-0.2, 0) is 13.6 Å². The van der Waals surface area contributed by atoms with Crippen LogP contribution in [0.3, 0.4) is 0 Å². The molecule has 7 heteroatoms. The van der Waals surface area contributed by atoms with Crippen molar-refractivity contribution < 1.29 is 0 Å². The van der Waals surface area contributed by atoms with E-state index in [1.807, 2.05) is 31.0 Å². The summed E-state index contributed by atoms with van der Waals surface area (Å²) < 4.78 is 1.88. The molecule has 6 nitrogen and oxygen atoms in total. The van der Waals surface area contributed by atoms with Crippen LogP contribution in [0.1, 0.15) is 5.69 Å². The predicted octanol–water partition coefficient (Wildman–Crippen LogP) is 1.38. The molecule has 0 saturated carbocycles. The molecule has 0 spiro atoms. The molecule has 0 bridgehead atoms. The minimum atomic E-state index is 0.744. The summed E-state index contributed by atoms with van der Waals surface area (Å²) in [5.41, 5.74) is 1.15. The van der Waals surface area contributed by atoms with E-state index in [1.54, 1.807) is 11.3 Å². The van der Waals surface area contributed by atoms with Gasteiger partial charge in [-0.25, -0.2) is 0 Å². The third-order valence-corrected chi connectivity index (χ3v) is 4.89. The van der Waals surface area contributed by atoms with Crippen LogP contribution in [-0.4, -0.2) is 53.9 Å². The number of thiophene rings is 1. The number of piperazine rings is 1. The van der Waals surface area contributed by atoms with E-state index in [0.717, 1.165) is 44.4 Å². The highest BCUT2D eigenvalue weighted by atomic mass is 32.1. The minimum absolute atomic E-state index is 0.744. The van der Waals surface area contributed by atoms with Crippen molar-refractivity contribution in [2.75, 3.05) is 38.1 Å². The Bertz CT molecular complexity index is 610. The van der Waals surface area contributed by atoms with E-state index >= 15 is 0 Å². The Morgan fingerprint density at radius 2 is 2.14 bits per heavy atom. The fraction of sp³-hybridized carbons (Fsp3) is 0.467. The molecule has 0 amide bonds. The van der Waals surface area contributed by atoms with Gasteiger partial charge in [0, 0.05) is 46.5 Å². The van der Waals surface area contributed by atoms with Crippen LogP contribution in [0.2, 0.25) is 0 Å². The van der Waals surface area contributed by atoms with E-state index in [0.29, 0.717) is 0 Å². The maximum atomic E-state index is 4.41. The Hall–Kier alpha value is -2.02. The quantitative estimate of drug-likeness (QED) is 0.686. The Kier molecular flexibility index (Phi) is 4.62. The molecule has 1 aliphatic heterocycles. The fourth-order valence-corrected chi connectivity index (χ4v) is 3.45. The molecule has 1 fully saturated rings. The SMILES string of the molecule is CN=C(NCc1ccnn1C)N1CCN(c2cccs2)CC1. The maximum Gasteiger partial charge on any atom is 0.194 e. The molecule has 0 atom stereocenters. The molecule has 0 radical (unpaired) electrons. The van der Waals surface area contributed by atoms with Crippen molar-refractivity contribution in [3.63, 3.8) is 0 Å². The lowest BCUT2D eigenvalue weighted by Crippen LogP contribution is -2.52. The predicted molar refractivity (Wildman–Crippen MR) is 91.5 cm³/mol. The molecule has 0 aliphatic carbocycles. The number of hydrogen-bond acceptors (Lipinski definition) is 4. The molecule has 1 N–H and O–H groups in total. The number of anilines is 1.